The smallest absolute Gasteiger partial charge is 0.314 e. The van der Waals surface area contributed by atoms with Gasteiger partial charge < -0.3 is 19.5 Å². The average Bonchev–Trinajstić information content (AvgIpc) is 3.77. The van der Waals surface area contributed by atoms with Crippen LogP contribution in [0.1, 0.15) is 42.9 Å². The lowest BCUT2D eigenvalue weighted by Gasteiger charge is -2.16. The summed E-state index contributed by atoms with van der Waals surface area (Å²) >= 11 is 0. The van der Waals surface area contributed by atoms with Crippen LogP contribution in [-0.2, 0) is 27.6 Å². The van der Waals surface area contributed by atoms with Crippen LogP contribution in [0.4, 0.5) is 5.69 Å². The van der Waals surface area contributed by atoms with Crippen molar-refractivity contribution in [2.24, 2.45) is 5.92 Å². The van der Waals surface area contributed by atoms with E-state index >= 15 is 0 Å². The van der Waals surface area contributed by atoms with Crippen LogP contribution in [-0.4, -0.2) is 39.1 Å². The molecule has 3 aromatic carbocycles. The van der Waals surface area contributed by atoms with Crippen LogP contribution >= 0.6 is 0 Å². The van der Waals surface area contributed by atoms with E-state index in [0.717, 1.165) is 64.3 Å². The highest BCUT2D eigenvalue weighted by Gasteiger charge is 2.31. The van der Waals surface area contributed by atoms with Gasteiger partial charge in [0.2, 0.25) is 0 Å². The van der Waals surface area contributed by atoms with E-state index in [1.54, 1.807) is 13.0 Å². The molecule has 0 bridgehead atoms. The number of rotatable bonds is 11. The van der Waals surface area contributed by atoms with Crippen molar-refractivity contribution in [1.29, 1.82) is 0 Å². The van der Waals surface area contributed by atoms with E-state index in [0.29, 0.717) is 31.9 Å². The number of benzene rings is 3. The van der Waals surface area contributed by atoms with Crippen LogP contribution < -0.4 is 19.5 Å². The minimum absolute atomic E-state index is 0.0574. The third-order valence-corrected chi connectivity index (χ3v) is 8.89. The molecule has 3 aromatic rings. The van der Waals surface area contributed by atoms with Gasteiger partial charge in [0.05, 0.1) is 24.9 Å². The fourth-order valence-electron chi connectivity index (χ4n) is 4.77. The van der Waals surface area contributed by atoms with Gasteiger partial charge in [0.25, 0.3) is 0 Å². The first-order valence-electron chi connectivity index (χ1n) is 13.6. The van der Waals surface area contributed by atoms with E-state index in [9.17, 15) is 13.2 Å². The van der Waals surface area contributed by atoms with E-state index < -0.39 is 9.84 Å². The van der Waals surface area contributed by atoms with Crippen LogP contribution in [0.5, 0.6) is 17.2 Å². The summed E-state index contributed by atoms with van der Waals surface area (Å²) in [6, 6.07) is 17.8. The minimum Gasteiger partial charge on any atom is -0.494 e. The first-order valence-corrected chi connectivity index (χ1v) is 15.4. The highest BCUT2D eigenvalue weighted by Crippen LogP contribution is 2.40. The largest absolute Gasteiger partial charge is 0.494 e. The molecule has 1 heterocycles. The SMILES string of the molecule is CCS(=O)(=O)CCCOc1cc(C)c2c(c1)CCOc1ccc(CNc3cccc(OC(=O)C4CC4)c3)cc1-2. The molecule has 1 N–H and O–H groups in total. The lowest BCUT2D eigenvalue weighted by Crippen LogP contribution is -2.12. The maximum atomic E-state index is 12.0. The lowest BCUT2D eigenvalue weighted by molar-refractivity contribution is -0.135. The Morgan fingerprint density at radius 3 is 2.72 bits per heavy atom. The molecule has 7 nitrogen and oxygen atoms in total. The lowest BCUT2D eigenvalue weighted by atomic mass is 9.92. The van der Waals surface area contributed by atoms with Gasteiger partial charge in [0.15, 0.2) is 0 Å². The van der Waals surface area contributed by atoms with Gasteiger partial charge in [-0.2, -0.15) is 0 Å². The number of nitrogens with one attached hydrogen (secondary N) is 1. The summed E-state index contributed by atoms with van der Waals surface area (Å²) in [5.74, 6) is 2.37. The van der Waals surface area contributed by atoms with Crippen LogP contribution in [0.3, 0.4) is 0 Å². The first kappa shape index (κ1) is 27.1. The van der Waals surface area contributed by atoms with Crippen LogP contribution in [0.25, 0.3) is 11.1 Å². The van der Waals surface area contributed by atoms with Crippen LogP contribution in [0, 0.1) is 12.8 Å². The molecule has 5 rings (SSSR count). The van der Waals surface area contributed by atoms with E-state index in [4.69, 9.17) is 14.2 Å². The molecule has 0 spiro atoms. The number of anilines is 1. The van der Waals surface area contributed by atoms with E-state index in [1.165, 1.54) is 0 Å². The van der Waals surface area contributed by atoms with E-state index in [1.807, 2.05) is 30.3 Å². The topological polar surface area (TPSA) is 90.9 Å². The zero-order valence-electron chi connectivity index (χ0n) is 22.5. The van der Waals surface area contributed by atoms with Gasteiger partial charge in [-0.25, -0.2) is 8.42 Å². The number of carbonyl (C=O) groups is 1. The standard InChI is InChI=1S/C31H35NO6S/c1-3-39(34,35)15-5-13-36-27-16-21(2)30-24(18-27)12-14-37-29-11-8-22(17-28(29)30)20-32-25-6-4-7-26(19-25)38-31(33)23-9-10-23/h4,6-8,11,16-19,23,32H,3,5,9-10,12-15,20H2,1-2H3. The van der Waals surface area contributed by atoms with Crippen molar-refractivity contribution in [2.75, 3.05) is 30.0 Å². The zero-order chi connectivity index (χ0) is 27.4. The molecular weight excluding hydrogens is 514 g/mol. The molecule has 0 saturated heterocycles. The Balaban J connectivity index is 1.28. The van der Waals surface area contributed by atoms with Crippen LogP contribution in [0.15, 0.2) is 54.6 Å². The molecule has 0 atom stereocenters. The van der Waals surface area contributed by atoms with Crippen molar-refractivity contribution >= 4 is 21.5 Å². The summed E-state index contributed by atoms with van der Waals surface area (Å²) in [7, 11) is -2.99. The number of fused-ring (bicyclic) bond motifs is 3. The van der Waals surface area contributed by atoms with Crippen molar-refractivity contribution in [3.8, 4) is 28.4 Å². The summed E-state index contributed by atoms with van der Waals surface area (Å²) in [5.41, 5.74) is 6.42. The Morgan fingerprint density at radius 1 is 1.08 bits per heavy atom. The highest BCUT2D eigenvalue weighted by atomic mass is 32.2. The minimum atomic E-state index is -2.99. The van der Waals surface area contributed by atoms with E-state index in [-0.39, 0.29) is 23.4 Å². The second kappa shape index (κ2) is 11.7. The zero-order valence-corrected chi connectivity index (χ0v) is 23.3. The summed E-state index contributed by atoms with van der Waals surface area (Å²) < 4.78 is 41.0. The van der Waals surface area contributed by atoms with Crippen molar-refractivity contribution in [2.45, 2.75) is 46.1 Å². The molecule has 206 valence electrons. The maximum Gasteiger partial charge on any atom is 0.314 e. The Labute approximate surface area is 230 Å². The van der Waals surface area contributed by atoms with Gasteiger partial charge in [-0.3, -0.25) is 4.79 Å². The van der Waals surface area contributed by atoms with Gasteiger partial charge in [0, 0.05) is 36.0 Å². The number of sulfone groups is 1. The predicted molar refractivity (Wildman–Crippen MR) is 152 cm³/mol. The number of hydrogen-bond acceptors (Lipinski definition) is 7. The number of carbonyl (C=O) groups excluding carboxylic acids is 1. The third-order valence-electron chi connectivity index (χ3n) is 7.10. The van der Waals surface area contributed by atoms with Gasteiger partial charge in [-0.05, 0) is 84.8 Å². The monoisotopic (exact) mass is 549 g/mol. The van der Waals surface area contributed by atoms with Crippen molar-refractivity contribution in [3.05, 3.63) is 71.3 Å². The van der Waals surface area contributed by atoms with Crippen molar-refractivity contribution in [1.82, 2.24) is 0 Å². The highest BCUT2D eigenvalue weighted by molar-refractivity contribution is 7.91. The molecule has 0 amide bonds. The summed E-state index contributed by atoms with van der Waals surface area (Å²) in [6.45, 7) is 5.27. The summed E-state index contributed by atoms with van der Waals surface area (Å²) in [5, 5.41) is 3.44. The fourth-order valence-corrected chi connectivity index (χ4v) is 5.62. The Bertz CT molecular complexity index is 1460. The predicted octanol–water partition coefficient (Wildman–Crippen LogP) is 5.73. The van der Waals surface area contributed by atoms with Crippen molar-refractivity contribution in [3.63, 3.8) is 0 Å². The quantitative estimate of drug-likeness (QED) is 0.186. The van der Waals surface area contributed by atoms with Gasteiger partial charge in [-0.1, -0.05) is 19.1 Å². The normalized spacial score (nSPS) is 14.4. The number of ether oxygens (including phenoxy) is 3. The van der Waals surface area contributed by atoms with Gasteiger partial charge >= 0.3 is 5.97 Å². The number of aryl methyl sites for hydroxylation is 1. The van der Waals surface area contributed by atoms with E-state index in [2.05, 4.69) is 30.4 Å². The molecule has 8 heteroatoms. The van der Waals surface area contributed by atoms with Crippen LogP contribution in [0.2, 0.25) is 0 Å². The second-order valence-corrected chi connectivity index (χ2v) is 12.7. The second-order valence-electron chi connectivity index (χ2n) is 10.2. The third kappa shape index (κ3) is 6.92. The molecule has 0 aromatic heterocycles. The molecule has 2 aliphatic rings. The van der Waals surface area contributed by atoms with Gasteiger partial charge in [0.1, 0.15) is 27.1 Å². The Morgan fingerprint density at radius 2 is 1.92 bits per heavy atom. The molecule has 1 fully saturated rings. The average molecular weight is 550 g/mol. The molecule has 0 radical (unpaired) electrons. The number of hydrogen-bond donors (Lipinski definition) is 1. The Hall–Kier alpha value is -3.52. The Kier molecular flexibility index (Phi) is 8.12. The summed E-state index contributed by atoms with van der Waals surface area (Å²) in [4.78, 5) is 12.0. The summed E-state index contributed by atoms with van der Waals surface area (Å²) in [6.07, 6.45) is 3.06. The molecule has 1 aliphatic carbocycles. The van der Waals surface area contributed by atoms with Crippen molar-refractivity contribution < 1.29 is 27.4 Å². The molecular formula is C31H35NO6S. The first-order chi connectivity index (χ1) is 18.8. The molecule has 1 saturated carbocycles. The maximum absolute atomic E-state index is 12.0. The fraction of sp³-hybridized carbons (Fsp3) is 0.387. The molecule has 1 aliphatic heterocycles. The number of esters is 1. The van der Waals surface area contributed by atoms with Gasteiger partial charge in [-0.15, -0.1) is 0 Å². The molecule has 0 unspecified atom stereocenters. The molecule has 39 heavy (non-hydrogen) atoms.